The van der Waals surface area contributed by atoms with Crippen molar-refractivity contribution in [3.63, 3.8) is 0 Å². The number of likely N-dealkylation sites (N-methyl/N-ethyl adjacent to an activating group) is 1. The number of ketones is 1. The van der Waals surface area contributed by atoms with Crippen LogP contribution in [-0.2, 0) is 4.79 Å². The summed E-state index contributed by atoms with van der Waals surface area (Å²) in [5.74, 6) is -0.589. The van der Waals surface area contributed by atoms with Gasteiger partial charge in [-0.3, -0.25) is 9.59 Å². The van der Waals surface area contributed by atoms with Crippen molar-refractivity contribution in [3.05, 3.63) is 42.0 Å². The minimum absolute atomic E-state index is 0.231. The van der Waals surface area contributed by atoms with Crippen LogP contribution in [0.4, 0.5) is 0 Å². The number of carboxylic acids is 1. The molecular formula is C16H21NO4. The fraction of sp³-hybridized carbons (Fsp3) is 0.375. The molecule has 0 spiro atoms. The molecule has 1 atom stereocenters. The Balaban J connectivity index is 2.76. The number of hydrogen-bond donors (Lipinski definition) is 2. The van der Waals surface area contributed by atoms with Gasteiger partial charge < -0.3 is 15.2 Å². The first-order chi connectivity index (χ1) is 9.93. The molecule has 2 N–H and O–H groups in total. The zero-order valence-electron chi connectivity index (χ0n) is 12.4. The highest BCUT2D eigenvalue weighted by molar-refractivity contribution is 6.01. The molecule has 0 aliphatic carbocycles. The van der Waals surface area contributed by atoms with E-state index in [2.05, 4.69) is 11.9 Å². The van der Waals surface area contributed by atoms with Crippen LogP contribution in [-0.4, -0.2) is 36.1 Å². The van der Waals surface area contributed by atoms with Crippen molar-refractivity contribution in [2.45, 2.75) is 26.3 Å². The number of nitrogens with one attached hydrogen (secondary N) is 1. The third kappa shape index (κ3) is 5.79. The third-order valence-electron chi connectivity index (χ3n) is 2.77. The molecule has 0 bridgehead atoms. The summed E-state index contributed by atoms with van der Waals surface area (Å²) in [5.41, 5.74) is 1.37. The first-order valence-electron chi connectivity index (χ1n) is 6.80. The number of carbonyl (C=O) groups excluding carboxylic acids is 1. The summed E-state index contributed by atoms with van der Waals surface area (Å²) in [6, 6.07) is 5.96. The molecule has 0 aliphatic heterocycles. The summed E-state index contributed by atoms with van der Waals surface area (Å²) in [5, 5.41) is 11.7. The van der Waals surface area contributed by atoms with E-state index in [4.69, 9.17) is 9.84 Å². The lowest BCUT2D eigenvalue weighted by molar-refractivity contribution is -0.137. The van der Waals surface area contributed by atoms with Crippen LogP contribution >= 0.6 is 0 Å². The number of benzene rings is 1. The maximum absolute atomic E-state index is 12.3. The Morgan fingerprint density at radius 2 is 1.95 bits per heavy atom. The third-order valence-corrected chi connectivity index (χ3v) is 2.77. The highest BCUT2D eigenvalue weighted by atomic mass is 16.5. The van der Waals surface area contributed by atoms with E-state index in [0.717, 1.165) is 5.57 Å². The molecule has 0 saturated carbocycles. The van der Waals surface area contributed by atoms with Gasteiger partial charge in [-0.2, -0.15) is 0 Å². The summed E-state index contributed by atoms with van der Waals surface area (Å²) in [6.45, 7) is 8.39. The van der Waals surface area contributed by atoms with Gasteiger partial charge >= 0.3 is 5.97 Å². The minimum atomic E-state index is -1.00. The molecule has 0 radical (unpaired) electrons. The van der Waals surface area contributed by atoms with Gasteiger partial charge in [-0.15, -0.1) is 0 Å². The molecule has 1 rings (SSSR count). The predicted molar refractivity (Wildman–Crippen MR) is 80.8 cm³/mol. The van der Waals surface area contributed by atoms with E-state index in [9.17, 15) is 9.59 Å². The van der Waals surface area contributed by atoms with Gasteiger partial charge in [-0.1, -0.05) is 13.5 Å². The van der Waals surface area contributed by atoms with Gasteiger partial charge in [0, 0.05) is 5.56 Å². The summed E-state index contributed by atoms with van der Waals surface area (Å²) in [6.07, 6.45) is -0.236. The van der Waals surface area contributed by atoms with Gasteiger partial charge in [0.2, 0.25) is 0 Å². The number of carboxylic acid groups (broad SMARTS) is 1. The second-order valence-electron chi connectivity index (χ2n) is 4.84. The van der Waals surface area contributed by atoms with Crippen molar-refractivity contribution in [1.82, 2.24) is 5.32 Å². The molecule has 114 valence electrons. The van der Waals surface area contributed by atoms with Crippen LogP contribution in [0.15, 0.2) is 36.4 Å². The minimum Gasteiger partial charge on any atom is -0.489 e. The molecule has 1 aromatic carbocycles. The molecule has 0 heterocycles. The van der Waals surface area contributed by atoms with E-state index in [1.807, 2.05) is 13.8 Å². The molecule has 0 saturated heterocycles. The van der Waals surface area contributed by atoms with Gasteiger partial charge in [0.25, 0.3) is 0 Å². The van der Waals surface area contributed by atoms with E-state index in [1.54, 1.807) is 24.3 Å². The van der Waals surface area contributed by atoms with Crippen molar-refractivity contribution >= 4 is 11.8 Å². The first-order valence-corrected chi connectivity index (χ1v) is 6.80. The Morgan fingerprint density at radius 1 is 1.33 bits per heavy atom. The number of rotatable bonds is 9. The Bertz CT molecular complexity index is 508. The van der Waals surface area contributed by atoms with Crippen molar-refractivity contribution < 1.29 is 19.4 Å². The number of carbonyl (C=O) groups is 2. The zero-order valence-corrected chi connectivity index (χ0v) is 12.4. The van der Waals surface area contributed by atoms with Gasteiger partial charge in [-0.05, 0) is 43.3 Å². The highest BCUT2D eigenvalue weighted by Gasteiger charge is 2.21. The van der Waals surface area contributed by atoms with Crippen molar-refractivity contribution in [2.75, 3.05) is 13.2 Å². The van der Waals surface area contributed by atoms with Gasteiger partial charge in [-0.25, -0.2) is 0 Å². The zero-order chi connectivity index (χ0) is 15.8. The molecule has 0 fully saturated rings. The number of ether oxygens (including phenoxy) is 1. The van der Waals surface area contributed by atoms with Crippen LogP contribution in [0.5, 0.6) is 5.75 Å². The van der Waals surface area contributed by atoms with Crippen LogP contribution in [0, 0.1) is 0 Å². The summed E-state index contributed by atoms with van der Waals surface area (Å²) < 4.78 is 5.45. The van der Waals surface area contributed by atoms with Crippen LogP contribution in [0.2, 0.25) is 0 Å². The molecule has 1 aromatic rings. The topological polar surface area (TPSA) is 75.6 Å². The largest absolute Gasteiger partial charge is 0.489 e. The lowest BCUT2D eigenvalue weighted by Gasteiger charge is -2.15. The number of aliphatic carboxylic acids is 1. The molecule has 1 unspecified atom stereocenters. The molecule has 5 heteroatoms. The summed E-state index contributed by atoms with van der Waals surface area (Å²) in [7, 11) is 0. The average molecular weight is 291 g/mol. The fourth-order valence-electron chi connectivity index (χ4n) is 1.80. The van der Waals surface area contributed by atoms with Gasteiger partial charge in [0.15, 0.2) is 5.78 Å². The maximum atomic E-state index is 12.3. The van der Waals surface area contributed by atoms with Crippen molar-refractivity contribution in [1.29, 1.82) is 0 Å². The normalized spacial score (nSPS) is 11.7. The quantitative estimate of drug-likeness (QED) is 0.539. The first kappa shape index (κ1) is 16.9. The SMILES string of the molecule is C=C(C)COc1ccc(C(=O)C(CC(=O)O)NCC)cc1. The summed E-state index contributed by atoms with van der Waals surface area (Å²) >= 11 is 0. The average Bonchev–Trinajstić information content (AvgIpc) is 2.44. The predicted octanol–water partition coefficient (Wildman–Crippen LogP) is 2.28. The lowest BCUT2D eigenvalue weighted by Crippen LogP contribution is -2.38. The van der Waals surface area contributed by atoms with E-state index >= 15 is 0 Å². The van der Waals surface area contributed by atoms with E-state index in [1.165, 1.54) is 0 Å². The Hall–Kier alpha value is -2.14. The number of Topliss-reactive ketones (excluding diaryl/α,β-unsaturated/α-hetero) is 1. The molecular weight excluding hydrogens is 270 g/mol. The standard InChI is InChI=1S/C16H21NO4/c1-4-17-14(9-15(18)19)16(20)12-5-7-13(8-6-12)21-10-11(2)3/h5-8,14,17H,2,4,9-10H2,1,3H3,(H,18,19). The summed E-state index contributed by atoms with van der Waals surface area (Å²) in [4.78, 5) is 23.1. The second kappa shape index (κ2) is 8.21. The maximum Gasteiger partial charge on any atom is 0.305 e. The van der Waals surface area contributed by atoms with E-state index in [-0.39, 0.29) is 12.2 Å². The molecule has 5 nitrogen and oxygen atoms in total. The van der Waals surface area contributed by atoms with Gasteiger partial charge in [0.05, 0.1) is 12.5 Å². The van der Waals surface area contributed by atoms with Crippen LogP contribution in [0.25, 0.3) is 0 Å². The molecule has 0 aliphatic rings. The fourth-order valence-corrected chi connectivity index (χ4v) is 1.80. The van der Waals surface area contributed by atoms with Crippen molar-refractivity contribution in [3.8, 4) is 5.75 Å². The molecule has 0 aromatic heterocycles. The molecule has 21 heavy (non-hydrogen) atoms. The van der Waals surface area contributed by atoms with Gasteiger partial charge in [0.1, 0.15) is 12.4 Å². The van der Waals surface area contributed by atoms with Crippen molar-refractivity contribution in [2.24, 2.45) is 0 Å². The Morgan fingerprint density at radius 3 is 2.43 bits per heavy atom. The Kier molecular flexibility index (Phi) is 6.62. The monoisotopic (exact) mass is 291 g/mol. The van der Waals surface area contributed by atoms with Crippen LogP contribution < -0.4 is 10.1 Å². The second-order valence-corrected chi connectivity index (χ2v) is 4.84. The van der Waals surface area contributed by atoms with Crippen LogP contribution in [0.1, 0.15) is 30.6 Å². The van der Waals surface area contributed by atoms with E-state index in [0.29, 0.717) is 24.5 Å². The van der Waals surface area contributed by atoms with Crippen LogP contribution in [0.3, 0.4) is 0 Å². The van der Waals surface area contributed by atoms with E-state index < -0.39 is 12.0 Å². The smallest absolute Gasteiger partial charge is 0.305 e. The molecule has 0 amide bonds. The Labute approximate surface area is 124 Å². The lowest BCUT2D eigenvalue weighted by atomic mass is 10.0. The highest BCUT2D eigenvalue weighted by Crippen LogP contribution is 2.15. The number of hydrogen-bond acceptors (Lipinski definition) is 4.